The molecule has 1 aromatic heterocycles. The molecule has 0 radical (unpaired) electrons. The van der Waals surface area contributed by atoms with Crippen LogP contribution in [0, 0.1) is 0 Å². The topological polar surface area (TPSA) is 39.9 Å². The molecule has 0 spiro atoms. The van der Waals surface area contributed by atoms with Gasteiger partial charge in [0.05, 0.1) is 13.2 Å². The summed E-state index contributed by atoms with van der Waals surface area (Å²) in [5.74, 6) is 2.14. The fraction of sp³-hybridized carbons (Fsp3) is 0.692. The minimum Gasteiger partial charge on any atom is -0.465 e. The van der Waals surface area contributed by atoms with Gasteiger partial charge in [-0.25, -0.2) is 0 Å². The second-order valence-electron chi connectivity index (χ2n) is 4.56. The predicted molar refractivity (Wildman–Crippen MR) is 66.9 cm³/mol. The summed E-state index contributed by atoms with van der Waals surface area (Å²) in [6, 6.07) is 4.15. The maximum Gasteiger partial charge on any atom is 0.118 e. The molecule has 2 rings (SSSR count). The van der Waals surface area contributed by atoms with Crippen LogP contribution in [0.15, 0.2) is 16.5 Å². The Bertz CT molecular complexity index is 330. The van der Waals surface area contributed by atoms with Crippen molar-refractivity contribution in [1.29, 1.82) is 0 Å². The number of rotatable bonds is 5. The Kier molecular flexibility index (Phi) is 4.59. The van der Waals surface area contributed by atoms with E-state index in [9.17, 15) is 0 Å². The van der Waals surface area contributed by atoms with Gasteiger partial charge in [0.25, 0.3) is 0 Å². The normalized spacial score (nSPS) is 18.7. The number of piperazine rings is 1. The van der Waals surface area contributed by atoms with Crippen molar-refractivity contribution in [3.8, 4) is 0 Å². The summed E-state index contributed by atoms with van der Waals surface area (Å²) in [5.41, 5.74) is 0. The highest BCUT2D eigenvalue weighted by molar-refractivity contribution is 5.07. The van der Waals surface area contributed by atoms with Gasteiger partial charge in [-0.1, -0.05) is 6.92 Å². The van der Waals surface area contributed by atoms with E-state index in [1.807, 2.05) is 0 Å². The second-order valence-corrected chi connectivity index (χ2v) is 4.56. The van der Waals surface area contributed by atoms with Gasteiger partial charge in [-0.2, -0.15) is 0 Å². The lowest BCUT2D eigenvalue weighted by molar-refractivity contribution is 0.103. The molecule has 1 fully saturated rings. The molecule has 0 aromatic carbocycles. The predicted octanol–water partition coefficient (Wildman–Crippen LogP) is 0.952. The van der Waals surface area contributed by atoms with Crippen LogP contribution in [0.2, 0.25) is 0 Å². The molecule has 0 unspecified atom stereocenters. The first-order chi connectivity index (χ1) is 8.31. The molecule has 1 saturated heterocycles. The average Bonchev–Trinajstić information content (AvgIpc) is 2.80. The van der Waals surface area contributed by atoms with Crippen LogP contribution in [0.5, 0.6) is 0 Å². The van der Waals surface area contributed by atoms with Crippen LogP contribution < -0.4 is 0 Å². The molecule has 1 aromatic rings. The van der Waals surface area contributed by atoms with Crippen LogP contribution in [0.4, 0.5) is 0 Å². The molecule has 0 amide bonds. The third-order valence-electron chi connectivity index (χ3n) is 3.33. The zero-order valence-corrected chi connectivity index (χ0v) is 10.6. The second kappa shape index (κ2) is 6.19. The Hall–Kier alpha value is -0.840. The van der Waals surface area contributed by atoms with Crippen molar-refractivity contribution >= 4 is 0 Å². The van der Waals surface area contributed by atoms with E-state index >= 15 is 0 Å². The monoisotopic (exact) mass is 238 g/mol. The fourth-order valence-corrected chi connectivity index (χ4v) is 2.23. The highest BCUT2D eigenvalue weighted by Gasteiger charge is 2.17. The van der Waals surface area contributed by atoms with E-state index in [0.717, 1.165) is 57.2 Å². The van der Waals surface area contributed by atoms with Crippen LogP contribution in [0.25, 0.3) is 0 Å². The van der Waals surface area contributed by atoms with Gasteiger partial charge < -0.3 is 9.52 Å². The van der Waals surface area contributed by atoms with Gasteiger partial charge in [0.15, 0.2) is 0 Å². The number of aliphatic hydroxyl groups excluding tert-OH is 1. The van der Waals surface area contributed by atoms with Gasteiger partial charge in [-0.05, 0) is 12.1 Å². The first-order valence-corrected chi connectivity index (χ1v) is 6.45. The lowest BCUT2D eigenvalue weighted by atomic mass is 10.3. The first-order valence-electron chi connectivity index (χ1n) is 6.45. The smallest absolute Gasteiger partial charge is 0.118 e. The van der Waals surface area contributed by atoms with E-state index in [2.05, 4.69) is 28.9 Å². The summed E-state index contributed by atoms with van der Waals surface area (Å²) in [6.07, 6.45) is 0.963. The summed E-state index contributed by atoms with van der Waals surface area (Å²) in [7, 11) is 0. The summed E-state index contributed by atoms with van der Waals surface area (Å²) in [4.78, 5) is 4.71. The number of hydrogen-bond acceptors (Lipinski definition) is 4. The number of furan rings is 1. The Morgan fingerprint density at radius 1 is 1.12 bits per heavy atom. The lowest BCUT2D eigenvalue weighted by Crippen LogP contribution is -2.46. The highest BCUT2D eigenvalue weighted by Crippen LogP contribution is 2.12. The van der Waals surface area contributed by atoms with Crippen LogP contribution in [-0.4, -0.2) is 54.2 Å². The molecule has 17 heavy (non-hydrogen) atoms. The van der Waals surface area contributed by atoms with Gasteiger partial charge in [-0.15, -0.1) is 0 Å². The van der Waals surface area contributed by atoms with Gasteiger partial charge in [0.2, 0.25) is 0 Å². The van der Waals surface area contributed by atoms with Crippen molar-refractivity contribution in [3.63, 3.8) is 0 Å². The molecule has 0 bridgehead atoms. The van der Waals surface area contributed by atoms with Gasteiger partial charge >= 0.3 is 0 Å². The third kappa shape index (κ3) is 3.56. The molecule has 1 N–H and O–H groups in total. The largest absolute Gasteiger partial charge is 0.465 e. The molecule has 1 aliphatic heterocycles. The maximum atomic E-state index is 8.88. The number of aryl methyl sites for hydroxylation is 1. The number of β-amino-alcohol motifs (C(OH)–C–C–N with tert-alkyl or cyclic N) is 1. The summed E-state index contributed by atoms with van der Waals surface area (Å²) in [6.45, 7) is 8.28. The summed E-state index contributed by atoms with van der Waals surface area (Å²) < 4.78 is 5.71. The Labute approximate surface area is 103 Å². The summed E-state index contributed by atoms with van der Waals surface area (Å²) in [5, 5.41) is 8.88. The highest BCUT2D eigenvalue weighted by atomic mass is 16.3. The van der Waals surface area contributed by atoms with Crippen molar-refractivity contribution in [3.05, 3.63) is 23.7 Å². The molecule has 1 aliphatic rings. The Balaban J connectivity index is 1.77. The van der Waals surface area contributed by atoms with Gasteiger partial charge in [0, 0.05) is 39.1 Å². The SMILES string of the molecule is CCc1ccc(CN2CCN(CCO)CC2)o1. The lowest BCUT2D eigenvalue weighted by Gasteiger charge is -2.33. The van der Waals surface area contributed by atoms with Crippen molar-refractivity contribution < 1.29 is 9.52 Å². The van der Waals surface area contributed by atoms with E-state index in [0.29, 0.717) is 0 Å². The van der Waals surface area contributed by atoms with Crippen LogP contribution in [-0.2, 0) is 13.0 Å². The molecular weight excluding hydrogens is 216 g/mol. The van der Waals surface area contributed by atoms with E-state index in [4.69, 9.17) is 9.52 Å². The molecular formula is C13H22N2O2. The van der Waals surface area contributed by atoms with E-state index in [1.165, 1.54) is 0 Å². The van der Waals surface area contributed by atoms with Crippen molar-refractivity contribution in [1.82, 2.24) is 9.80 Å². The van der Waals surface area contributed by atoms with Crippen LogP contribution in [0.1, 0.15) is 18.4 Å². The first kappa shape index (κ1) is 12.6. The minimum atomic E-state index is 0.262. The van der Waals surface area contributed by atoms with Crippen LogP contribution >= 0.6 is 0 Å². The Morgan fingerprint density at radius 2 is 1.76 bits per heavy atom. The molecule has 2 heterocycles. The van der Waals surface area contributed by atoms with E-state index in [1.54, 1.807) is 0 Å². The molecule has 0 saturated carbocycles. The molecule has 0 atom stereocenters. The van der Waals surface area contributed by atoms with Crippen molar-refractivity contribution in [2.45, 2.75) is 19.9 Å². The third-order valence-corrected chi connectivity index (χ3v) is 3.33. The van der Waals surface area contributed by atoms with E-state index < -0.39 is 0 Å². The quantitative estimate of drug-likeness (QED) is 0.829. The number of aliphatic hydroxyl groups is 1. The van der Waals surface area contributed by atoms with Crippen molar-refractivity contribution in [2.24, 2.45) is 0 Å². The molecule has 0 aliphatic carbocycles. The zero-order valence-electron chi connectivity index (χ0n) is 10.6. The number of nitrogens with zero attached hydrogens (tertiary/aromatic N) is 2. The Morgan fingerprint density at radius 3 is 2.35 bits per heavy atom. The fourth-order valence-electron chi connectivity index (χ4n) is 2.23. The van der Waals surface area contributed by atoms with Crippen LogP contribution in [0.3, 0.4) is 0 Å². The van der Waals surface area contributed by atoms with Gasteiger partial charge in [-0.3, -0.25) is 9.80 Å². The number of hydrogen-bond donors (Lipinski definition) is 1. The van der Waals surface area contributed by atoms with Gasteiger partial charge in [0.1, 0.15) is 11.5 Å². The molecule has 96 valence electrons. The maximum absolute atomic E-state index is 8.88. The minimum absolute atomic E-state index is 0.262. The van der Waals surface area contributed by atoms with E-state index in [-0.39, 0.29) is 6.61 Å². The summed E-state index contributed by atoms with van der Waals surface area (Å²) >= 11 is 0. The average molecular weight is 238 g/mol. The molecule has 4 heteroatoms. The van der Waals surface area contributed by atoms with Crippen molar-refractivity contribution in [2.75, 3.05) is 39.3 Å². The molecule has 4 nitrogen and oxygen atoms in total. The standard InChI is InChI=1S/C13H22N2O2/c1-2-12-3-4-13(17-12)11-15-7-5-14(6-8-15)9-10-16/h3-4,16H,2,5-11H2,1H3. The zero-order chi connectivity index (χ0) is 12.1.